The Morgan fingerprint density at radius 1 is 1.19 bits per heavy atom. The zero-order chi connectivity index (χ0) is 22.1. The summed E-state index contributed by atoms with van der Waals surface area (Å²) in [5, 5.41) is 12.4. The molecule has 3 rings (SSSR count). The second-order valence-corrected chi connectivity index (χ2v) is 7.57. The van der Waals surface area contributed by atoms with E-state index in [2.05, 4.69) is 22.1 Å². The van der Waals surface area contributed by atoms with Gasteiger partial charge in [0.15, 0.2) is 11.0 Å². The summed E-state index contributed by atoms with van der Waals surface area (Å²) in [5.74, 6) is 1.97. The lowest BCUT2D eigenvalue weighted by Crippen LogP contribution is -2.27. The van der Waals surface area contributed by atoms with Crippen molar-refractivity contribution in [1.29, 1.82) is 0 Å². The predicted octanol–water partition coefficient (Wildman–Crippen LogP) is 3.81. The number of aromatic nitrogens is 3. The highest BCUT2D eigenvalue weighted by Crippen LogP contribution is 2.29. The molecule has 0 aliphatic carbocycles. The Morgan fingerprint density at radius 3 is 2.81 bits per heavy atom. The van der Waals surface area contributed by atoms with Crippen molar-refractivity contribution in [3.63, 3.8) is 0 Å². The van der Waals surface area contributed by atoms with E-state index < -0.39 is 0 Å². The third-order valence-electron chi connectivity index (χ3n) is 4.57. The Labute approximate surface area is 186 Å². The van der Waals surface area contributed by atoms with Gasteiger partial charge in [-0.2, -0.15) is 0 Å². The molecule has 0 bridgehead atoms. The Balaban J connectivity index is 1.80. The number of hydrogen-bond acceptors (Lipinski definition) is 6. The van der Waals surface area contributed by atoms with Crippen molar-refractivity contribution in [3.8, 4) is 17.1 Å². The lowest BCUT2D eigenvalue weighted by molar-refractivity contribution is 0.0936. The van der Waals surface area contributed by atoms with Crippen LogP contribution >= 0.6 is 11.8 Å². The van der Waals surface area contributed by atoms with E-state index >= 15 is 0 Å². The maximum Gasteiger partial charge on any atom is 0.251 e. The number of benzene rings is 2. The van der Waals surface area contributed by atoms with Crippen molar-refractivity contribution in [2.45, 2.75) is 17.5 Å². The molecule has 0 spiro atoms. The van der Waals surface area contributed by atoms with Gasteiger partial charge in [-0.3, -0.25) is 9.36 Å². The van der Waals surface area contributed by atoms with Gasteiger partial charge in [-0.25, -0.2) is 0 Å². The van der Waals surface area contributed by atoms with Crippen molar-refractivity contribution in [3.05, 3.63) is 72.3 Å². The van der Waals surface area contributed by atoms with Crippen molar-refractivity contribution in [2.24, 2.45) is 0 Å². The number of ether oxygens (including phenoxy) is 2. The molecule has 2 aromatic carbocycles. The molecule has 1 N–H and O–H groups in total. The largest absolute Gasteiger partial charge is 0.497 e. The molecule has 3 aromatic rings. The summed E-state index contributed by atoms with van der Waals surface area (Å²) >= 11 is 1.53. The molecule has 8 heteroatoms. The van der Waals surface area contributed by atoms with Crippen LogP contribution in [0.3, 0.4) is 0 Å². The summed E-state index contributed by atoms with van der Waals surface area (Å²) in [6.07, 6.45) is 1.81. The molecule has 1 aromatic heterocycles. The van der Waals surface area contributed by atoms with Crippen LogP contribution in [-0.2, 0) is 17.0 Å². The number of amides is 1. The molecule has 0 saturated heterocycles. The Morgan fingerprint density at radius 2 is 2.03 bits per heavy atom. The minimum Gasteiger partial charge on any atom is -0.497 e. The number of nitrogens with zero attached hydrogens (tertiary/aromatic N) is 3. The molecule has 0 fully saturated rings. The third kappa shape index (κ3) is 5.74. The monoisotopic (exact) mass is 438 g/mol. The number of thioether (sulfide) groups is 1. The molecule has 162 valence electrons. The summed E-state index contributed by atoms with van der Waals surface area (Å²) in [6.45, 7) is 5.37. The first-order valence-corrected chi connectivity index (χ1v) is 10.8. The second-order valence-electron chi connectivity index (χ2n) is 6.63. The van der Waals surface area contributed by atoms with E-state index in [1.807, 2.05) is 59.2 Å². The van der Waals surface area contributed by atoms with Gasteiger partial charge in [0.1, 0.15) is 5.75 Å². The second kappa shape index (κ2) is 11.3. The Kier molecular flexibility index (Phi) is 8.26. The SMILES string of the molecule is C=CCn1c(SCc2ccccc2C(=O)NCCOC)nnc1-c1cccc(OC)c1. The predicted molar refractivity (Wildman–Crippen MR) is 122 cm³/mol. The van der Waals surface area contributed by atoms with Gasteiger partial charge in [0, 0.05) is 37.1 Å². The molecular formula is C23H26N4O3S. The van der Waals surface area contributed by atoms with Gasteiger partial charge in [0.25, 0.3) is 5.91 Å². The topological polar surface area (TPSA) is 78.3 Å². The van der Waals surface area contributed by atoms with E-state index in [4.69, 9.17) is 9.47 Å². The number of nitrogens with one attached hydrogen (secondary N) is 1. The Hall–Kier alpha value is -3.10. The highest BCUT2D eigenvalue weighted by molar-refractivity contribution is 7.98. The first kappa shape index (κ1) is 22.6. The summed E-state index contributed by atoms with van der Waals surface area (Å²) in [5.41, 5.74) is 2.49. The minimum atomic E-state index is -0.113. The number of rotatable bonds is 11. The molecule has 0 unspecified atom stereocenters. The number of hydrogen-bond donors (Lipinski definition) is 1. The highest BCUT2D eigenvalue weighted by Gasteiger charge is 2.16. The molecule has 31 heavy (non-hydrogen) atoms. The van der Waals surface area contributed by atoms with E-state index in [0.717, 1.165) is 27.9 Å². The van der Waals surface area contributed by atoms with E-state index in [9.17, 15) is 4.79 Å². The number of carbonyl (C=O) groups excluding carboxylic acids is 1. The molecule has 0 aliphatic rings. The van der Waals surface area contributed by atoms with Crippen LogP contribution in [0.1, 0.15) is 15.9 Å². The summed E-state index contributed by atoms with van der Waals surface area (Å²) in [7, 11) is 3.24. The van der Waals surface area contributed by atoms with Crippen LogP contribution in [-0.4, -0.2) is 48.0 Å². The average molecular weight is 439 g/mol. The normalized spacial score (nSPS) is 10.6. The highest BCUT2D eigenvalue weighted by atomic mass is 32.2. The van der Waals surface area contributed by atoms with E-state index in [-0.39, 0.29) is 5.91 Å². The zero-order valence-corrected chi connectivity index (χ0v) is 18.5. The molecule has 0 saturated carbocycles. The van der Waals surface area contributed by atoms with Crippen LogP contribution in [0.2, 0.25) is 0 Å². The summed E-state index contributed by atoms with van der Waals surface area (Å²) in [6, 6.07) is 15.3. The number of methoxy groups -OCH3 is 2. The van der Waals surface area contributed by atoms with Crippen LogP contribution in [0.15, 0.2) is 66.3 Å². The van der Waals surface area contributed by atoms with Gasteiger partial charge in [-0.1, -0.05) is 48.2 Å². The van der Waals surface area contributed by atoms with Crippen LogP contribution in [0.4, 0.5) is 0 Å². The van der Waals surface area contributed by atoms with Gasteiger partial charge >= 0.3 is 0 Å². The van der Waals surface area contributed by atoms with Crippen LogP contribution in [0.5, 0.6) is 5.75 Å². The molecule has 0 atom stereocenters. The van der Waals surface area contributed by atoms with E-state index in [0.29, 0.717) is 31.0 Å². The summed E-state index contributed by atoms with van der Waals surface area (Å²) in [4.78, 5) is 12.5. The van der Waals surface area contributed by atoms with Crippen molar-refractivity contribution in [1.82, 2.24) is 20.1 Å². The van der Waals surface area contributed by atoms with Crippen LogP contribution < -0.4 is 10.1 Å². The van der Waals surface area contributed by atoms with Gasteiger partial charge in [0.05, 0.1) is 13.7 Å². The van der Waals surface area contributed by atoms with Crippen LogP contribution in [0, 0.1) is 0 Å². The molecular weight excluding hydrogens is 412 g/mol. The van der Waals surface area contributed by atoms with Gasteiger partial charge < -0.3 is 14.8 Å². The maximum absolute atomic E-state index is 12.5. The average Bonchev–Trinajstić information content (AvgIpc) is 3.20. The Bertz CT molecular complexity index is 1040. The van der Waals surface area contributed by atoms with E-state index in [1.54, 1.807) is 14.2 Å². The van der Waals surface area contributed by atoms with Gasteiger partial charge in [0.2, 0.25) is 0 Å². The number of carbonyl (C=O) groups is 1. The smallest absolute Gasteiger partial charge is 0.251 e. The molecule has 0 aliphatic heterocycles. The van der Waals surface area contributed by atoms with Crippen LogP contribution in [0.25, 0.3) is 11.4 Å². The third-order valence-corrected chi connectivity index (χ3v) is 5.58. The van der Waals surface area contributed by atoms with E-state index in [1.165, 1.54) is 11.8 Å². The minimum absolute atomic E-state index is 0.113. The van der Waals surface area contributed by atoms with Crippen molar-refractivity contribution in [2.75, 3.05) is 27.4 Å². The lowest BCUT2D eigenvalue weighted by Gasteiger charge is -2.11. The fraction of sp³-hybridized carbons (Fsp3) is 0.261. The van der Waals surface area contributed by atoms with Crippen molar-refractivity contribution >= 4 is 17.7 Å². The quantitative estimate of drug-likeness (QED) is 0.279. The molecule has 1 amide bonds. The standard InChI is InChI=1S/C23H26N4O3S/c1-4-13-27-21(17-9-7-10-19(15-17)30-3)25-26-23(27)31-16-18-8-5-6-11-20(18)22(28)24-12-14-29-2/h4-11,15H,1,12-14,16H2,2-3H3,(H,24,28). The summed E-state index contributed by atoms with van der Waals surface area (Å²) < 4.78 is 12.3. The number of allylic oxidation sites excluding steroid dienone is 1. The molecule has 0 radical (unpaired) electrons. The zero-order valence-electron chi connectivity index (χ0n) is 17.7. The fourth-order valence-corrected chi connectivity index (χ4v) is 3.99. The van der Waals surface area contributed by atoms with Gasteiger partial charge in [-0.05, 0) is 23.8 Å². The molecule has 1 heterocycles. The molecule has 7 nitrogen and oxygen atoms in total. The fourth-order valence-electron chi connectivity index (χ4n) is 3.04. The van der Waals surface area contributed by atoms with Crippen molar-refractivity contribution < 1.29 is 14.3 Å². The first-order valence-electron chi connectivity index (χ1n) is 9.84. The first-order chi connectivity index (χ1) is 15.2. The van der Waals surface area contributed by atoms with Gasteiger partial charge in [-0.15, -0.1) is 16.8 Å². The lowest BCUT2D eigenvalue weighted by atomic mass is 10.1. The maximum atomic E-state index is 12.5.